The van der Waals surface area contributed by atoms with Gasteiger partial charge in [0.2, 0.25) is 0 Å². The minimum Gasteiger partial charge on any atom is -0.461 e. The molecule has 1 aromatic heterocycles. The highest BCUT2D eigenvalue weighted by Crippen LogP contribution is 2.16. The Morgan fingerprint density at radius 1 is 1.53 bits per heavy atom. The van der Waals surface area contributed by atoms with Gasteiger partial charge in [0.1, 0.15) is 0 Å². The number of rotatable bonds is 6. The summed E-state index contributed by atoms with van der Waals surface area (Å²) < 4.78 is 6.63. The molecule has 1 aromatic rings. The van der Waals surface area contributed by atoms with Gasteiger partial charge < -0.3 is 10.5 Å². The molecule has 0 spiro atoms. The Bertz CT molecular complexity index is 376. The summed E-state index contributed by atoms with van der Waals surface area (Å²) in [5.74, 6) is -0.456. The van der Waals surface area contributed by atoms with Gasteiger partial charge in [0, 0.05) is 6.54 Å². The normalized spacial score (nSPS) is 12.5. The fourth-order valence-electron chi connectivity index (χ4n) is 1.76. The lowest BCUT2D eigenvalue weighted by atomic mass is 10.2. The van der Waals surface area contributed by atoms with Gasteiger partial charge in [-0.2, -0.15) is 0 Å². The van der Waals surface area contributed by atoms with Crippen molar-refractivity contribution >= 4 is 5.97 Å². The molecule has 1 rings (SSSR count). The number of hydrogen-bond acceptors (Lipinski definition) is 5. The monoisotopic (exact) mass is 240 g/mol. The summed E-state index contributed by atoms with van der Waals surface area (Å²) in [6, 6.07) is 0.189. The van der Waals surface area contributed by atoms with Crippen LogP contribution in [0.3, 0.4) is 0 Å². The lowest BCUT2D eigenvalue weighted by Crippen LogP contribution is -2.16. The quantitative estimate of drug-likeness (QED) is 0.757. The maximum absolute atomic E-state index is 11.6. The summed E-state index contributed by atoms with van der Waals surface area (Å²) in [5.41, 5.74) is 6.53. The third kappa shape index (κ3) is 3.03. The van der Waals surface area contributed by atoms with Crippen molar-refractivity contribution in [3.05, 3.63) is 11.4 Å². The molecule has 0 aliphatic rings. The van der Waals surface area contributed by atoms with Crippen LogP contribution in [0, 0.1) is 0 Å². The van der Waals surface area contributed by atoms with Gasteiger partial charge in [-0.25, -0.2) is 9.48 Å². The minimum absolute atomic E-state index is 0.189. The number of nitrogens with zero attached hydrogens (tertiary/aromatic N) is 3. The fraction of sp³-hybridized carbons (Fsp3) is 0.727. The Morgan fingerprint density at radius 2 is 2.24 bits per heavy atom. The number of nitrogens with two attached hydrogens (primary N) is 1. The lowest BCUT2D eigenvalue weighted by Gasteiger charge is -2.13. The molecule has 0 fully saturated rings. The highest BCUT2D eigenvalue weighted by molar-refractivity contribution is 5.88. The first-order chi connectivity index (χ1) is 8.15. The van der Waals surface area contributed by atoms with E-state index in [0.717, 1.165) is 12.8 Å². The van der Waals surface area contributed by atoms with E-state index in [0.29, 0.717) is 12.3 Å². The second kappa shape index (κ2) is 6.34. The molecule has 96 valence electrons. The summed E-state index contributed by atoms with van der Waals surface area (Å²) in [5, 5.41) is 7.86. The molecule has 0 amide bonds. The molecule has 1 atom stereocenters. The molecule has 1 heterocycles. The standard InChI is InChI=1S/C11H20N4O2/c1-4-6-8(3)15-9(7-12)10(13-14-15)11(16)17-5-2/h8H,4-7,12H2,1-3H3. The van der Waals surface area contributed by atoms with Crippen molar-refractivity contribution in [3.63, 3.8) is 0 Å². The van der Waals surface area contributed by atoms with Crippen molar-refractivity contribution in [1.82, 2.24) is 15.0 Å². The molecule has 0 saturated heterocycles. The number of carbonyl (C=O) groups is 1. The average molecular weight is 240 g/mol. The third-order valence-corrected chi connectivity index (χ3v) is 2.58. The molecule has 0 aromatic carbocycles. The molecular weight excluding hydrogens is 220 g/mol. The number of hydrogen-bond donors (Lipinski definition) is 1. The van der Waals surface area contributed by atoms with E-state index in [-0.39, 0.29) is 18.3 Å². The highest BCUT2D eigenvalue weighted by Gasteiger charge is 2.21. The van der Waals surface area contributed by atoms with Crippen LogP contribution < -0.4 is 5.73 Å². The van der Waals surface area contributed by atoms with E-state index in [9.17, 15) is 4.79 Å². The van der Waals surface area contributed by atoms with Gasteiger partial charge in [0.05, 0.1) is 18.3 Å². The zero-order valence-corrected chi connectivity index (χ0v) is 10.6. The van der Waals surface area contributed by atoms with Crippen LogP contribution in [0.4, 0.5) is 0 Å². The molecule has 0 aliphatic carbocycles. The van der Waals surface area contributed by atoms with Crippen molar-refractivity contribution < 1.29 is 9.53 Å². The van der Waals surface area contributed by atoms with Crippen LogP contribution in [0.25, 0.3) is 0 Å². The Labute approximate surface area is 101 Å². The van der Waals surface area contributed by atoms with Gasteiger partial charge in [-0.1, -0.05) is 18.6 Å². The van der Waals surface area contributed by atoms with Crippen LogP contribution in [0.5, 0.6) is 0 Å². The first kappa shape index (κ1) is 13.6. The third-order valence-electron chi connectivity index (χ3n) is 2.58. The van der Waals surface area contributed by atoms with Crippen LogP contribution in [-0.4, -0.2) is 27.6 Å². The summed E-state index contributed by atoms with van der Waals surface area (Å²) >= 11 is 0. The summed E-state index contributed by atoms with van der Waals surface area (Å²) in [6.07, 6.45) is 2.01. The second-order valence-corrected chi connectivity index (χ2v) is 3.89. The fourth-order valence-corrected chi connectivity index (χ4v) is 1.76. The maximum atomic E-state index is 11.6. The zero-order chi connectivity index (χ0) is 12.8. The van der Waals surface area contributed by atoms with Crippen LogP contribution in [0.1, 0.15) is 55.8 Å². The molecule has 1 unspecified atom stereocenters. The molecule has 0 aliphatic heterocycles. The van der Waals surface area contributed by atoms with Gasteiger partial charge in [0.25, 0.3) is 0 Å². The Kier molecular flexibility index (Phi) is 5.09. The topological polar surface area (TPSA) is 83.0 Å². The van der Waals surface area contributed by atoms with Gasteiger partial charge in [-0.15, -0.1) is 5.10 Å². The van der Waals surface area contributed by atoms with Crippen LogP contribution in [-0.2, 0) is 11.3 Å². The first-order valence-electron chi connectivity index (χ1n) is 5.96. The van der Waals surface area contributed by atoms with E-state index in [2.05, 4.69) is 17.2 Å². The molecule has 2 N–H and O–H groups in total. The van der Waals surface area contributed by atoms with Gasteiger partial charge in [0.15, 0.2) is 5.69 Å². The largest absolute Gasteiger partial charge is 0.461 e. The van der Waals surface area contributed by atoms with Crippen molar-refractivity contribution in [1.29, 1.82) is 0 Å². The van der Waals surface area contributed by atoms with Crippen molar-refractivity contribution in [2.24, 2.45) is 5.73 Å². The molecular formula is C11H20N4O2. The average Bonchev–Trinajstić information content (AvgIpc) is 2.73. The molecule has 0 saturated carbocycles. The molecule has 17 heavy (non-hydrogen) atoms. The number of carbonyl (C=O) groups excluding carboxylic acids is 1. The van der Waals surface area contributed by atoms with E-state index in [4.69, 9.17) is 10.5 Å². The first-order valence-corrected chi connectivity index (χ1v) is 5.96. The Hall–Kier alpha value is -1.43. The van der Waals surface area contributed by atoms with E-state index in [1.54, 1.807) is 11.6 Å². The van der Waals surface area contributed by atoms with Gasteiger partial charge in [-0.3, -0.25) is 0 Å². The Morgan fingerprint density at radius 3 is 2.76 bits per heavy atom. The summed E-state index contributed by atoms with van der Waals surface area (Å²) in [6.45, 7) is 6.44. The van der Waals surface area contributed by atoms with Gasteiger partial charge in [-0.05, 0) is 20.3 Å². The van der Waals surface area contributed by atoms with Crippen molar-refractivity contribution in [2.45, 2.75) is 46.2 Å². The van der Waals surface area contributed by atoms with Crippen molar-refractivity contribution in [2.75, 3.05) is 6.61 Å². The predicted octanol–water partition coefficient (Wildman–Crippen LogP) is 1.27. The summed E-state index contributed by atoms with van der Waals surface area (Å²) in [4.78, 5) is 11.6. The van der Waals surface area contributed by atoms with Crippen LogP contribution in [0.2, 0.25) is 0 Å². The number of aromatic nitrogens is 3. The van der Waals surface area contributed by atoms with Crippen molar-refractivity contribution in [3.8, 4) is 0 Å². The number of ether oxygens (including phenoxy) is 1. The van der Waals surface area contributed by atoms with Crippen LogP contribution >= 0.6 is 0 Å². The maximum Gasteiger partial charge on any atom is 0.360 e. The Balaban J connectivity index is 2.98. The minimum atomic E-state index is -0.456. The lowest BCUT2D eigenvalue weighted by molar-refractivity contribution is 0.0518. The van der Waals surface area contributed by atoms with E-state index >= 15 is 0 Å². The summed E-state index contributed by atoms with van der Waals surface area (Å²) in [7, 11) is 0. The second-order valence-electron chi connectivity index (χ2n) is 3.89. The predicted molar refractivity (Wildman–Crippen MR) is 63.5 cm³/mol. The van der Waals surface area contributed by atoms with E-state index in [1.807, 2.05) is 6.92 Å². The van der Waals surface area contributed by atoms with E-state index in [1.165, 1.54) is 0 Å². The van der Waals surface area contributed by atoms with E-state index < -0.39 is 5.97 Å². The SMILES string of the molecule is CCCC(C)n1nnc(C(=O)OCC)c1CN. The molecule has 0 bridgehead atoms. The molecule has 6 heteroatoms. The number of esters is 1. The zero-order valence-electron chi connectivity index (χ0n) is 10.6. The van der Waals surface area contributed by atoms with Gasteiger partial charge >= 0.3 is 5.97 Å². The smallest absolute Gasteiger partial charge is 0.360 e. The molecule has 0 radical (unpaired) electrons. The van der Waals surface area contributed by atoms with Crippen LogP contribution in [0.15, 0.2) is 0 Å². The highest BCUT2D eigenvalue weighted by atomic mass is 16.5. The molecule has 6 nitrogen and oxygen atoms in total.